The van der Waals surface area contributed by atoms with Crippen LogP contribution in [0.3, 0.4) is 0 Å². The molecule has 7 nitrogen and oxygen atoms in total. The Hall–Kier alpha value is -3.52. The van der Waals surface area contributed by atoms with Gasteiger partial charge in [0.2, 0.25) is 0 Å². The lowest BCUT2D eigenvalue weighted by Gasteiger charge is -2.13. The number of nitro benzene ring substituents is 1. The highest BCUT2D eigenvalue weighted by molar-refractivity contribution is 7.17. The second kappa shape index (κ2) is 9.32. The van der Waals surface area contributed by atoms with Gasteiger partial charge in [-0.1, -0.05) is 36.4 Å². The lowest BCUT2D eigenvalue weighted by atomic mass is 9.95. The van der Waals surface area contributed by atoms with Gasteiger partial charge >= 0.3 is 0 Å². The predicted molar refractivity (Wildman–Crippen MR) is 124 cm³/mol. The van der Waals surface area contributed by atoms with Crippen LogP contribution in [-0.2, 0) is 19.4 Å². The van der Waals surface area contributed by atoms with Crippen LogP contribution in [-0.4, -0.2) is 16.7 Å². The SMILES string of the molecule is Cc1ccc(C(=O)Nc2sc3c(c2C(=O)NCc2ccccc2)CCCC3)cc1[N+](=O)[O-]. The van der Waals surface area contributed by atoms with Crippen LogP contribution in [0, 0.1) is 17.0 Å². The van der Waals surface area contributed by atoms with E-state index in [0.717, 1.165) is 41.7 Å². The summed E-state index contributed by atoms with van der Waals surface area (Å²) in [6, 6.07) is 14.0. The maximum Gasteiger partial charge on any atom is 0.273 e. The highest BCUT2D eigenvalue weighted by Gasteiger charge is 2.27. The number of aryl methyl sites for hydroxylation is 2. The summed E-state index contributed by atoms with van der Waals surface area (Å²) in [6.07, 6.45) is 3.73. The smallest absolute Gasteiger partial charge is 0.273 e. The Morgan fingerprint density at radius 2 is 1.81 bits per heavy atom. The molecule has 1 aliphatic rings. The van der Waals surface area contributed by atoms with Crippen molar-refractivity contribution in [1.82, 2.24) is 5.32 Å². The van der Waals surface area contributed by atoms with Crippen molar-refractivity contribution < 1.29 is 14.5 Å². The fourth-order valence-corrected chi connectivity index (χ4v) is 5.17. The van der Waals surface area contributed by atoms with E-state index in [0.29, 0.717) is 22.7 Å². The van der Waals surface area contributed by atoms with E-state index in [-0.39, 0.29) is 17.2 Å². The lowest BCUT2D eigenvalue weighted by Crippen LogP contribution is -2.25. The summed E-state index contributed by atoms with van der Waals surface area (Å²) in [5.41, 5.74) is 3.06. The van der Waals surface area contributed by atoms with Crippen LogP contribution in [0.25, 0.3) is 0 Å². The van der Waals surface area contributed by atoms with E-state index >= 15 is 0 Å². The molecule has 4 rings (SSSR count). The minimum Gasteiger partial charge on any atom is -0.348 e. The van der Waals surface area contributed by atoms with Crippen LogP contribution in [0.15, 0.2) is 48.5 Å². The van der Waals surface area contributed by atoms with Crippen LogP contribution in [0.4, 0.5) is 10.7 Å². The summed E-state index contributed by atoms with van der Waals surface area (Å²) in [4.78, 5) is 37.9. The van der Waals surface area contributed by atoms with Crippen molar-refractivity contribution in [2.45, 2.75) is 39.2 Å². The maximum atomic E-state index is 13.1. The average Bonchev–Trinajstić information content (AvgIpc) is 3.16. The molecule has 2 amide bonds. The molecule has 3 aromatic rings. The van der Waals surface area contributed by atoms with Gasteiger partial charge in [0, 0.05) is 28.6 Å². The molecule has 0 radical (unpaired) electrons. The van der Waals surface area contributed by atoms with Crippen LogP contribution in [0.5, 0.6) is 0 Å². The number of hydrogen-bond donors (Lipinski definition) is 2. The highest BCUT2D eigenvalue weighted by Crippen LogP contribution is 2.38. The largest absolute Gasteiger partial charge is 0.348 e. The Bertz CT molecular complexity index is 1190. The van der Waals surface area contributed by atoms with Gasteiger partial charge in [-0.3, -0.25) is 19.7 Å². The van der Waals surface area contributed by atoms with Gasteiger partial charge in [-0.15, -0.1) is 11.3 Å². The standard InChI is InChI=1S/C24H23N3O4S/c1-15-11-12-17(13-19(15)27(30)31)22(28)26-24-21(18-9-5-6-10-20(18)32-24)23(29)25-14-16-7-3-2-4-8-16/h2-4,7-8,11-13H,5-6,9-10,14H2,1H3,(H,25,29)(H,26,28). The van der Waals surface area contributed by atoms with Gasteiger partial charge in [-0.2, -0.15) is 0 Å². The number of anilines is 1. The normalized spacial score (nSPS) is 12.7. The zero-order valence-electron chi connectivity index (χ0n) is 17.6. The van der Waals surface area contributed by atoms with E-state index in [1.165, 1.54) is 17.4 Å². The molecule has 1 heterocycles. The number of nitrogens with zero attached hydrogens (tertiary/aromatic N) is 1. The average molecular weight is 450 g/mol. The van der Waals surface area contributed by atoms with Gasteiger partial charge in [-0.05, 0) is 49.8 Å². The van der Waals surface area contributed by atoms with Gasteiger partial charge < -0.3 is 10.6 Å². The number of fused-ring (bicyclic) bond motifs is 1. The minimum absolute atomic E-state index is 0.107. The number of hydrogen-bond acceptors (Lipinski definition) is 5. The number of nitro groups is 1. The van der Waals surface area contributed by atoms with E-state index in [1.807, 2.05) is 30.3 Å². The van der Waals surface area contributed by atoms with Crippen molar-refractivity contribution in [2.75, 3.05) is 5.32 Å². The van der Waals surface area contributed by atoms with Crippen molar-refractivity contribution in [3.05, 3.63) is 91.3 Å². The van der Waals surface area contributed by atoms with Gasteiger partial charge in [0.15, 0.2) is 0 Å². The number of thiophene rings is 1. The van der Waals surface area contributed by atoms with Crippen LogP contribution in [0.2, 0.25) is 0 Å². The van der Waals surface area contributed by atoms with E-state index in [9.17, 15) is 19.7 Å². The third kappa shape index (κ3) is 4.55. The summed E-state index contributed by atoms with van der Waals surface area (Å²) < 4.78 is 0. The molecule has 0 fully saturated rings. The van der Waals surface area contributed by atoms with Gasteiger partial charge in [-0.25, -0.2) is 0 Å². The Morgan fingerprint density at radius 1 is 1.06 bits per heavy atom. The van der Waals surface area contributed by atoms with E-state index in [4.69, 9.17) is 0 Å². The summed E-state index contributed by atoms with van der Waals surface area (Å²) >= 11 is 1.42. The first-order chi connectivity index (χ1) is 15.4. The molecule has 0 aliphatic heterocycles. The minimum atomic E-state index is -0.502. The van der Waals surface area contributed by atoms with Crippen molar-refractivity contribution in [3.63, 3.8) is 0 Å². The zero-order valence-corrected chi connectivity index (χ0v) is 18.5. The molecule has 2 N–H and O–H groups in total. The molecule has 2 aromatic carbocycles. The van der Waals surface area contributed by atoms with Gasteiger partial charge in [0.25, 0.3) is 17.5 Å². The second-order valence-corrected chi connectivity index (χ2v) is 8.90. The van der Waals surface area contributed by atoms with Crippen molar-refractivity contribution in [2.24, 2.45) is 0 Å². The Labute approximate surface area is 189 Å². The molecule has 0 saturated carbocycles. The van der Waals surface area contributed by atoms with Gasteiger partial charge in [0.1, 0.15) is 5.00 Å². The molecule has 0 bridgehead atoms. The molecular weight excluding hydrogens is 426 g/mol. The lowest BCUT2D eigenvalue weighted by molar-refractivity contribution is -0.385. The first kappa shape index (κ1) is 21.7. The quantitative estimate of drug-likeness (QED) is 0.407. The molecule has 32 heavy (non-hydrogen) atoms. The summed E-state index contributed by atoms with van der Waals surface area (Å²) in [7, 11) is 0. The highest BCUT2D eigenvalue weighted by atomic mass is 32.1. The summed E-state index contributed by atoms with van der Waals surface area (Å²) in [6.45, 7) is 2.02. The third-order valence-electron chi connectivity index (χ3n) is 5.59. The fourth-order valence-electron chi connectivity index (χ4n) is 3.88. The molecule has 0 saturated heterocycles. The second-order valence-electron chi connectivity index (χ2n) is 7.80. The number of carbonyl (C=O) groups excluding carboxylic acids is 2. The zero-order chi connectivity index (χ0) is 22.7. The van der Waals surface area contributed by atoms with Crippen molar-refractivity contribution >= 4 is 33.8 Å². The summed E-state index contributed by atoms with van der Waals surface area (Å²) in [5, 5.41) is 17.5. The third-order valence-corrected chi connectivity index (χ3v) is 6.80. The number of amides is 2. The number of benzene rings is 2. The molecule has 0 unspecified atom stereocenters. The number of rotatable bonds is 6. The number of carbonyl (C=O) groups is 2. The molecule has 164 valence electrons. The van der Waals surface area contributed by atoms with Gasteiger partial charge in [0.05, 0.1) is 10.5 Å². The van der Waals surface area contributed by atoms with Crippen LogP contribution in [0.1, 0.15) is 55.1 Å². The van der Waals surface area contributed by atoms with Crippen LogP contribution < -0.4 is 10.6 Å². The van der Waals surface area contributed by atoms with Crippen molar-refractivity contribution in [1.29, 1.82) is 0 Å². The van der Waals surface area contributed by atoms with Crippen LogP contribution >= 0.6 is 11.3 Å². The predicted octanol–water partition coefficient (Wildman–Crippen LogP) is 5.03. The van der Waals surface area contributed by atoms with Crippen molar-refractivity contribution in [3.8, 4) is 0 Å². The van der Waals surface area contributed by atoms with E-state index in [2.05, 4.69) is 10.6 Å². The molecule has 8 heteroatoms. The maximum absolute atomic E-state index is 13.1. The fraction of sp³-hybridized carbons (Fsp3) is 0.250. The topological polar surface area (TPSA) is 101 Å². The monoisotopic (exact) mass is 449 g/mol. The molecule has 0 atom stereocenters. The summed E-state index contributed by atoms with van der Waals surface area (Å²) in [5.74, 6) is -0.692. The first-order valence-electron chi connectivity index (χ1n) is 10.5. The molecule has 1 aliphatic carbocycles. The van der Waals surface area contributed by atoms with E-state index in [1.54, 1.807) is 19.1 Å². The molecular formula is C24H23N3O4S. The molecule has 1 aromatic heterocycles. The Morgan fingerprint density at radius 3 is 2.56 bits per heavy atom. The first-order valence-corrected chi connectivity index (χ1v) is 11.3. The Kier molecular flexibility index (Phi) is 6.32. The molecule has 0 spiro atoms. The van der Waals surface area contributed by atoms with E-state index < -0.39 is 10.8 Å². The number of nitrogens with one attached hydrogen (secondary N) is 2. The Balaban J connectivity index is 1.60.